The summed E-state index contributed by atoms with van der Waals surface area (Å²) in [4.78, 5) is 3.51. The minimum Gasteiger partial charge on any atom is -0.259 e. The number of nitrogens with zero attached hydrogens (tertiary/aromatic N) is 2. The number of hydrogen-bond acceptors (Lipinski definition) is 2. The van der Waals surface area contributed by atoms with Crippen molar-refractivity contribution in [3.05, 3.63) is 58.7 Å². The molecule has 0 atom stereocenters. The van der Waals surface area contributed by atoms with E-state index in [2.05, 4.69) is 10.1 Å². The fraction of sp³-hybridized carbons (Fsp3) is 0.222. The minimum atomic E-state index is -5.20. The highest BCUT2D eigenvalue weighted by atomic mass is 19.4. The van der Waals surface area contributed by atoms with Gasteiger partial charge in [-0.2, -0.15) is 57.8 Å². The van der Waals surface area contributed by atoms with E-state index in [-0.39, 0.29) is 36.4 Å². The normalized spacial score (nSPS) is 13.5. The maximum absolute atomic E-state index is 13.0. The fourth-order valence-corrected chi connectivity index (χ4v) is 2.70. The van der Waals surface area contributed by atoms with Crippen molar-refractivity contribution >= 4 is 0 Å². The molecule has 0 bridgehead atoms. The molecule has 0 saturated carbocycles. The standard InChI is InChI=1S/C18H7F12N3/c19-15(20,21)9-1-7(2-10(5-9)16(22,23)24)13-31-14(33-32-13)8-3-11(17(25,26)27)6-12(4-8)18(28,29)30/h1-6H,(H,31,32,33). The molecule has 178 valence electrons. The van der Waals surface area contributed by atoms with E-state index in [1.807, 2.05) is 5.10 Å². The van der Waals surface area contributed by atoms with Crippen molar-refractivity contribution in [2.45, 2.75) is 24.7 Å². The molecule has 0 spiro atoms. The van der Waals surface area contributed by atoms with E-state index in [9.17, 15) is 52.7 Å². The lowest BCUT2D eigenvalue weighted by molar-refractivity contribution is -0.144. The molecule has 3 aromatic rings. The number of alkyl halides is 12. The van der Waals surface area contributed by atoms with Crippen LogP contribution in [0.4, 0.5) is 52.7 Å². The molecule has 0 unspecified atom stereocenters. The Morgan fingerprint density at radius 1 is 0.485 bits per heavy atom. The third-order valence-electron chi connectivity index (χ3n) is 4.19. The Morgan fingerprint density at radius 2 is 0.818 bits per heavy atom. The zero-order valence-corrected chi connectivity index (χ0v) is 15.4. The van der Waals surface area contributed by atoms with Gasteiger partial charge < -0.3 is 0 Å². The number of H-pyrrole nitrogens is 1. The van der Waals surface area contributed by atoms with Crippen molar-refractivity contribution in [2.24, 2.45) is 0 Å². The molecular weight excluding hydrogens is 486 g/mol. The predicted molar refractivity (Wildman–Crippen MR) is 87.3 cm³/mol. The van der Waals surface area contributed by atoms with Crippen LogP contribution in [0.25, 0.3) is 22.8 Å². The Hall–Kier alpha value is -3.26. The van der Waals surface area contributed by atoms with E-state index in [1.54, 1.807) is 0 Å². The number of hydrogen-bond donors (Lipinski definition) is 1. The number of halogens is 12. The Labute approximate surface area is 175 Å². The SMILES string of the molecule is FC(F)(F)c1cc(-c2n[nH]c(-c3cc(C(F)(F)F)cc(C(F)(F)F)c3)n2)cc(C(F)(F)F)c1. The molecule has 1 heterocycles. The zero-order chi connectivity index (χ0) is 25.0. The van der Waals surface area contributed by atoms with Gasteiger partial charge in [0.2, 0.25) is 0 Å². The molecule has 0 aliphatic carbocycles. The summed E-state index contributed by atoms with van der Waals surface area (Å²) in [6, 6.07) is 0.729. The summed E-state index contributed by atoms with van der Waals surface area (Å²) in [7, 11) is 0. The van der Waals surface area contributed by atoms with Crippen LogP contribution in [-0.2, 0) is 24.7 Å². The fourth-order valence-electron chi connectivity index (χ4n) is 2.70. The molecule has 15 heteroatoms. The molecule has 0 fully saturated rings. The average Bonchev–Trinajstić information content (AvgIpc) is 3.15. The minimum absolute atomic E-state index is 0.164. The lowest BCUT2D eigenvalue weighted by Gasteiger charge is -2.13. The Balaban J connectivity index is 2.15. The monoisotopic (exact) mass is 493 g/mol. The molecule has 0 amide bonds. The molecular formula is C18H7F12N3. The second-order valence-corrected chi connectivity index (χ2v) is 6.60. The van der Waals surface area contributed by atoms with Crippen LogP contribution in [0.3, 0.4) is 0 Å². The van der Waals surface area contributed by atoms with E-state index in [4.69, 9.17) is 0 Å². The molecule has 3 nitrogen and oxygen atoms in total. The smallest absolute Gasteiger partial charge is 0.259 e. The van der Waals surface area contributed by atoms with Crippen molar-refractivity contribution in [3.8, 4) is 22.8 Å². The zero-order valence-electron chi connectivity index (χ0n) is 15.4. The number of aromatic nitrogens is 3. The Kier molecular flexibility index (Phi) is 5.66. The Bertz CT molecular complexity index is 1010. The average molecular weight is 493 g/mol. The van der Waals surface area contributed by atoms with Crippen molar-refractivity contribution in [2.75, 3.05) is 0 Å². The van der Waals surface area contributed by atoms with Crippen LogP contribution in [-0.4, -0.2) is 15.2 Å². The lowest BCUT2D eigenvalue weighted by atomic mass is 10.0. The van der Waals surface area contributed by atoms with Crippen molar-refractivity contribution in [3.63, 3.8) is 0 Å². The van der Waals surface area contributed by atoms with E-state index in [1.165, 1.54) is 0 Å². The van der Waals surface area contributed by atoms with Gasteiger partial charge in [0.25, 0.3) is 0 Å². The van der Waals surface area contributed by atoms with Crippen LogP contribution in [0, 0.1) is 0 Å². The van der Waals surface area contributed by atoms with Crippen molar-refractivity contribution < 1.29 is 52.7 Å². The van der Waals surface area contributed by atoms with Gasteiger partial charge >= 0.3 is 24.7 Å². The highest BCUT2D eigenvalue weighted by Crippen LogP contribution is 2.40. The maximum Gasteiger partial charge on any atom is 0.416 e. The largest absolute Gasteiger partial charge is 0.416 e. The first-order valence-electron chi connectivity index (χ1n) is 8.38. The highest BCUT2D eigenvalue weighted by molar-refractivity contribution is 5.64. The quantitative estimate of drug-likeness (QED) is 0.384. The van der Waals surface area contributed by atoms with Crippen LogP contribution in [0.15, 0.2) is 36.4 Å². The molecule has 1 aromatic heterocycles. The second-order valence-electron chi connectivity index (χ2n) is 6.60. The maximum atomic E-state index is 13.0. The third kappa shape index (κ3) is 5.39. The molecule has 1 N–H and O–H groups in total. The summed E-state index contributed by atoms with van der Waals surface area (Å²) in [5.74, 6) is -1.56. The first-order chi connectivity index (χ1) is 14.9. The summed E-state index contributed by atoms with van der Waals surface area (Å²) in [5, 5.41) is 5.30. The number of benzene rings is 2. The van der Waals surface area contributed by atoms with Gasteiger partial charge in [-0.1, -0.05) is 0 Å². The van der Waals surface area contributed by atoms with Crippen molar-refractivity contribution in [1.82, 2.24) is 15.2 Å². The summed E-state index contributed by atoms with van der Waals surface area (Å²) >= 11 is 0. The number of aromatic amines is 1. The highest BCUT2D eigenvalue weighted by Gasteiger charge is 2.39. The van der Waals surface area contributed by atoms with Crippen LogP contribution in [0.1, 0.15) is 22.3 Å². The van der Waals surface area contributed by atoms with Gasteiger partial charge in [0.1, 0.15) is 0 Å². The van der Waals surface area contributed by atoms with Gasteiger partial charge in [0.15, 0.2) is 11.6 Å². The van der Waals surface area contributed by atoms with E-state index < -0.39 is 69.7 Å². The van der Waals surface area contributed by atoms with E-state index in [0.717, 1.165) is 0 Å². The summed E-state index contributed by atoms with van der Waals surface area (Å²) in [6.45, 7) is 0. The summed E-state index contributed by atoms with van der Waals surface area (Å²) < 4.78 is 156. The molecule has 2 aromatic carbocycles. The molecule has 0 aliphatic rings. The van der Waals surface area contributed by atoms with Gasteiger partial charge in [-0.15, -0.1) is 0 Å². The van der Waals surface area contributed by atoms with Gasteiger partial charge in [-0.05, 0) is 36.4 Å². The van der Waals surface area contributed by atoms with Gasteiger partial charge in [0, 0.05) is 11.1 Å². The first-order valence-corrected chi connectivity index (χ1v) is 8.38. The molecule has 0 radical (unpaired) electrons. The second kappa shape index (κ2) is 7.66. The Morgan fingerprint density at radius 3 is 1.15 bits per heavy atom. The van der Waals surface area contributed by atoms with Gasteiger partial charge in [-0.3, -0.25) is 5.10 Å². The van der Waals surface area contributed by atoms with Crippen LogP contribution in [0.5, 0.6) is 0 Å². The van der Waals surface area contributed by atoms with Crippen LogP contribution >= 0.6 is 0 Å². The van der Waals surface area contributed by atoms with Gasteiger partial charge in [-0.25, -0.2) is 4.98 Å². The number of nitrogens with one attached hydrogen (secondary N) is 1. The van der Waals surface area contributed by atoms with Crippen molar-refractivity contribution in [1.29, 1.82) is 0 Å². The molecule has 33 heavy (non-hydrogen) atoms. The summed E-state index contributed by atoms with van der Waals surface area (Å²) in [6.07, 6.45) is -20.8. The third-order valence-corrected chi connectivity index (χ3v) is 4.19. The topological polar surface area (TPSA) is 41.6 Å². The van der Waals surface area contributed by atoms with E-state index >= 15 is 0 Å². The van der Waals surface area contributed by atoms with E-state index in [0.29, 0.717) is 0 Å². The molecule has 0 saturated heterocycles. The van der Waals surface area contributed by atoms with Crippen LogP contribution < -0.4 is 0 Å². The molecule has 3 rings (SSSR count). The first kappa shape index (κ1) is 24.4. The van der Waals surface area contributed by atoms with Gasteiger partial charge in [0.05, 0.1) is 22.3 Å². The van der Waals surface area contributed by atoms with Crippen LogP contribution in [0.2, 0.25) is 0 Å². The lowest BCUT2D eigenvalue weighted by Crippen LogP contribution is -2.11. The number of rotatable bonds is 2. The predicted octanol–water partition coefficient (Wildman–Crippen LogP) is 7.21. The molecule has 0 aliphatic heterocycles. The summed E-state index contributed by atoms with van der Waals surface area (Å²) in [5.41, 5.74) is -8.44.